The molecule has 1 aromatic carbocycles. The maximum absolute atomic E-state index is 14.7. The molecule has 2 saturated heterocycles. The van der Waals surface area contributed by atoms with Gasteiger partial charge in [0.2, 0.25) is 5.91 Å². The monoisotopic (exact) mass is 376 g/mol. The van der Waals surface area contributed by atoms with Crippen LogP contribution in [0.15, 0.2) is 23.3 Å². The predicted octanol–water partition coefficient (Wildman–Crippen LogP) is 2.87. The number of cyclic esters (lactones) is 1. The molecule has 9 nitrogen and oxygen atoms in total. The zero-order valence-corrected chi connectivity index (χ0v) is 15.0. The molecule has 1 atom stereocenters. The van der Waals surface area contributed by atoms with E-state index in [0.29, 0.717) is 24.6 Å². The first-order valence-corrected chi connectivity index (χ1v) is 8.84. The Morgan fingerprint density at radius 2 is 2.22 bits per heavy atom. The number of benzene rings is 1. The number of hydrogen-bond donors (Lipinski definition) is 0. The Kier molecular flexibility index (Phi) is 5.66. The number of amides is 2. The smallest absolute Gasteiger partial charge is 0.414 e. The lowest BCUT2D eigenvalue weighted by Crippen LogP contribution is -2.28. The SMILES string of the molecule is CCCCN1CN(c2ccc(N3C[C@H](CN=[N+]=[N-])OC3=O)cc2F)CC1=O. The fraction of sp³-hybridized carbons (Fsp3) is 0.529. The standard InChI is InChI=1S/C17H21FN6O3/c1-2-3-6-22-11-23(10-16(22)25)15-5-4-12(7-14(15)18)24-9-13(8-20-21-19)27-17(24)26/h4-5,7,13H,2-3,6,8-11H2,1H3/t13-/m0/s1. The highest BCUT2D eigenvalue weighted by Crippen LogP contribution is 2.29. The number of nitrogens with zero attached hydrogens (tertiary/aromatic N) is 6. The molecular weight excluding hydrogens is 355 g/mol. The Morgan fingerprint density at radius 3 is 2.93 bits per heavy atom. The quantitative estimate of drug-likeness (QED) is 0.415. The molecule has 2 heterocycles. The van der Waals surface area contributed by atoms with Gasteiger partial charge in [-0.05, 0) is 30.2 Å². The highest BCUT2D eigenvalue weighted by atomic mass is 19.1. The van der Waals surface area contributed by atoms with Gasteiger partial charge in [0.25, 0.3) is 0 Å². The third-order valence-electron chi connectivity index (χ3n) is 4.61. The zero-order valence-electron chi connectivity index (χ0n) is 15.0. The van der Waals surface area contributed by atoms with Crippen molar-refractivity contribution < 1.29 is 18.7 Å². The van der Waals surface area contributed by atoms with Crippen LogP contribution in [0, 0.1) is 5.82 Å². The summed E-state index contributed by atoms with van der Waals surface area (Å²) in [5.74, 6) is -0.528. The van der Waals surface area contributed by atoms with E-state index < -0.39 is 18.0 Å². The number of ether oxygens (including phenoxy) is 1. The van der Waals surface area contributed by atoms with Crippen LogP contribution in [0.25, 0.3) is 10.4 Å². The minimum absolute atomic E-state index is 0.0177. The van der Waals surface area contributed by atoms with Crippen LogP contribution in [0.2, 0.25) is 0 Å². The molecule has 0 unspecified atom stereocenters. The second-order valence-corrected chi connectivity index (χ2v) is 6.52. The van der Waals surface area contributed by atoms with E-state index in [-0.39, 0.29) is 25.5 Å². The summed E-state index contributed by atoms with van der Waals surface area (Å²) >= 11 is 0. The molecule has 1 aromatic rings. The molecule has 2 fully saturated rings. The summed E-state index contributed by atoms with van der Waals surface area (Å²) in [4.78, 5) is 31.4. The molecule has 2 amide bonds. The van der Waals surface area contributed by atoms with Crippen LogP contribution in [-0.4, -0.2) is 55.9 Å². The van der Waals surface area contributed by atoms with Gasteiger partial charge in [0.15, 0.2) is 0 Å². The molecule has 0 N–H and O–H groups in total. The Labute approximate surface area is 155 Å². The van der Waals surface area contributed by atoms with E-state index in [1.165, 1.54) is 11.0 Å². The van der Waals surface area contributed by atoms with Crippen molar-refractivity contribution in [3.8, 4) is 0 Å². The van der Waals surface area contributed by atoms with Gasteiger partial charge in [-0.3, -0.25) is 9.69 Å². The predicted molar refractivity (Wildman–Crippen MR) is 96.9 cm³/mol. The number of hydrogen-bond acceptors (Lipinski definition) is 5. The summed E-state index contributed by atoms with van der Waals surface area (Å²) in [6.07, 6.45) is 0.732. The number of anilines is 2. The van der Waals surface area contributed by atoms with Crippen LogP contribution in [0.1, 0.15) is 19.8 Å². The average molecular weight is 376 g/mol. The number of rotatable bonds is 7. The third-order valence-corrected chi connectivity index (χ3v) is 4.61. The van der Waals surface area contributed by atoms with Crippen LogP contribution in [0.5, 0.6) is 0 Å². The lowest BCUT2D eigenvalue weighted by atomic mass is 10.2. The highest BCUT2D eigenvalue weighted by molar-refractivity contribution is 5.90. The van der Waals surface area contributed by atoms with Crippen LogP contribution >= 0.6 is 0 Å². The number of azide groups is 1. The van der Waals surface area contributed by atoms with E-state index in [9.17, 15) is 14.0 Å². The van der Waals surface area contributed by atoms with Gasteiger partial charge >= 0.3 is 6.09 Å². The van der Waals surface area contributed by atoms with Crippen molar-refractivity contribution in [3.63, 3.8) is 0 Å². The van der Waals surface area contributed by atoms with Gasteiger partial charge in [-0.2, -0.15) is 0 Å². The molecule has 2 aliphatic heterocycles. The minimum Gasteiger partial charge on any atom is -0.444 e. The lowest BCUT2D eigenvalue weighted by molar-refractivity contribution is -0.126. The van der Waals surface area contributed by atoms with Gasteiger partial charge in [0.05, 0.1) is 37.7 Å². The molecule has 0 bridgehead atoms. The largest absolute Gasteiger partial charge is 0.444 e. The van der Waals surface area contributed by atoms with Crippen LogP contribution in [0.3, 0.4) is 0 Å². The average Bonchev–Trinajstić information content (AvgIpc) is 3.20. The first-order valence-electron chi connectivity index (χ1n) is 8.84. The summed E-state index contributed by atoms with van der Waals surface area (Å²) in [6, 6.07) is 4.44. The molecule has 10 heteroatoms. The minimum atomic E-state index is -0.609. The molecule has 144 valence electrons. The van der Waals surface area contributed by atoms with Gasteiger partial charge in [-0.1, -0.05) is 18.5 Å². The van der Waals surface area contributed by atoms with E-state index in [4.69, 9.17) is 10.3 Å². The van der Waals surface area contributed by atoms with Gasteiger partial charge in [-0.25, -0.2) is 9.18 Å². The number of carbonyl (C=O) groups excluding carboxylic acids is 2. The highest BCUT2D eigenvalue weighted by Gasteiger charge is 2.33. The fourth-order valence-electron chi connectivity index (χ4n) is 3.18. The maximum atomic E-state index is 14.7. The first kappa shape index (κ1) is 18.8. The Hall–Kier alpha value is -3.00. The molecule has 0 aliphatic carbocycles. The summed E-state index contributed by atoms with van der Waals surface area (Å²) in [6.45, 7) is 3.43. The summed E-state index contributed by atoms with van der Waals surface area (Å²) in [5, 5.41) is 3.40. The van der Waals surface area contributed by atoms with Crippen molar-refractivity contribution in [1.82, 2.24) is 4.90 Å². The van der Waals surface area contributed by atoms with E-state index in [2.05, 4.69) is 16.9 Å². The lowest BCUT2D eigenvalue weighted by Gasteiger charge is -2.21. The molecule has 0 spiro atoms. The molecular formula is C17H21FN6O3. The molecule has 0 radical (unpaired) electrons. The first-order chi connectivity index (χ1) is 13.0. The topological polar surface area (TPSA) is 102 Å². The van der Waals surface area contributed by atoms with Crippen molar-refractivity contribution in [2.75, 3.05) is 42.6 Å². The second kappa shape index (κ2) is 8.13. The maximum Gasteiger partial charge on any atom is 0.414 e. The van der Waals surface area contributed by atoms with Crippen molar-refractivity contribution in [1.29, 1.82) is 0 Å². The summed E-state index contributed by atoms with van der Waals surface area (Å²) < 4.78 is 19.8. The van der Waals surface area contributed by atoms with Gasteiger partial charge in [0.1, 0.15) is 11.9 Å². The Balaban J connectivity index is 1.70. The second-order valence-electron chi connectivity index (χ2n) is 6.52. The van der Waals surface area contributed by atoms with Gasteiger partial charge < -0.3 is 14.5 Å². The zero-order chi connectivity index (χ0) is 19.4. The van der Waals surface area contributed by atoms with Crippen molar-refractivity contribution in [2.24, 2.45) is 5.11 Å². The van der Waals surface area contributed by atoms with E-state index in [0.717, 1.165) is 12.8 Å². The van der Waals surface area contributed by atoms with E-state index >= 15 is 0 Å². The van der Waals surface area contributed by atoms with Crippen molar-refractivity contribution in [3.05, 3.63) is 34.5 Å². The fourth-order valence-corrected chi connectivity index (χ4v) is 3.18. The van der Waals surface area contributed by atoms with Crippen molar-refractivity contribution >= 4 is 23.4 Å². The van der Waals surface area contributed by atoms with Crippen LogP contribution in [0.4, 0.5) is 20.6 Å². The number of carbonyl (C=O) groups is 2. The van der Waals surface area contributed by atoms with Crippen molar-refractivity contribution in [2.45, 2.75) is 25.9 Å². The molecule has 0 aromatic heterocycles. The molecule has 0 saturated carbocycles. The number of halogens is 1. The van der Waals surface area contributed by atoms with Gasteiger partial charge in [0, 0.05) is 11.5 Å². The molecule has 3 rings (SSSR count). The molecule has 2 aliphatic rings. The molecule has 27 heavy (non-hydrogen) atoms. The van der Waals surface area contributed by atoms with Crippen LogP contribution < -0.4 is 9.80 Å². The van der Waals surface area contributed by atoms with Gasteiger partial charge in [-0.15, -0.1) is 0 Å². The Bertz CT molecular complexity index is 782. The number of unbranched alkanes of at least 4 members (excludes halogenated alkanes) is 1. The normalized spacial score (nSPS) is 19.5. The summed E-state index contributed by atoms with van der Waals surface area (Å²) in [5.41, 5.74) is 9.04. The van der Waals surface area contributed by atoms with E-state index in [1.54, 1.807) is 21.9 Å². The van der Waals surface area contributed by atoms with E-state index in [1.807, 2.05) is 0 Å². The summed E-state index contributed by atoms with van der Waals surface area (Å²) in [7, 11) is 0. The van der Waals surface area contributed by atoms with Crippen LogP contribution in [-0.2, 0) is 9.53 Å². The Morgan fingerprint density at radius 1 is 1.41 bits per heavy atom. The third kappa shape index (κ3) is 4.06.